The van der Waals surface area contributed by atoms with Crippen LogP contribution in [0, 0.1) is 5.82 Å². The summed E-state index contributed by atoms with van der Waals surface area (Å²) >= 11 is 0. The van der Waals surface area contributed by atoms with Crippen LogP contribution in [0.1, 0.15) is 5.56 Å². The number of aliphatic hydroxyl groups excluding tert-OH is 1. The second kappa shape index (κ2) is 5.75. The van der Waals surface area contributed by atoms with Crippen molar-refractivity contribution < 1.29 is 14.2 Å². The van der Waals surface area contributed by atoms with Crippen LogP contribution in [0.15, 0.2) is 30.6 Å². The summed E-state index contributed by atoms with van der Waals surface area (Å²) in [5, 5.41) is 13.2. The van der Waals surface area contributed by atoms with Gasteiger partial charge in [-0.3, -0.25) is 4.68 Å². The quantitative estimate of drug-likeness (QED) is 0.880. The van der Waals surface area contributed by atoms with Crippen molar-refractivity contribution in [3.05, 3.63) is 42.0 Å². The van der Waals surface area contributed by atoms with Crippen LogP contribution < -0.4 is 0 Å². The highest BCUT2D eigenvalue weighted by molar-refractivity contribution is 5.63. The third-order valence-electron chi connectivity index (χ3n) is 2.72. The van der Waals surface area contributed by atoms with E-state index in [1.54, 1.807) is 42.4 Å². The zero-order chi connectivity index (χ0) is 13.0. The molecule has 0 saturated heterocycles. The third kappa shape index (κ3) is 2.57. The van der Waals surface area contributed by atoms with Gasteiger partial charge in [0.25, 0.3) is 0 Å². The second-order valence-corrected chi connectivity index (χ2v) is 3.92. The van der Waals surface area contributed by atoms with Gasteiger partial charge in [-0.25, -0.2) is 4.39 Å². The number of ether oxygens (including phenoxy) is 1. The van der Waals surface area contributed by atoms with E-state index < -0.39 is 5.82 Å². The molecule has 5 heteroatoms. The Balaban J connectivity index is 2.28. The van der Waals surface area contributed by atoms with Crippen LogP contribution in [-0.4, -0.2) is 28.6 Å². The van der Waals surface area contributed by atoms with Gasteiger partial charge in [0, 0.05) is 30.0 Å². The molecule has 1 heterocycles. The molecule has 18 heavy (non-hydrogen) atoms. The van der Waals surface area contributed by atoms with Crippen LogP contribution in [0.5, 0.6) is 0 Å². The predicted molar refractivity (Wildman–Crippen MR) is 65.4 cm³/mol. The normalized spacial score (nSPS) is 10.8. The Morgan fingerprint density at radius 3 is 3.00 bits per heavy atom. The standard InChI is InChI=1S/C13H15FN2O2/c1-18-6-5-16-8-11(7-15-16)12-4-2-3-10(9-17)13(12)14/h2-4,7-8,17H,5-6,9H2,1H3. The Bertz CT molecular complexity index is 525. The molecule has 0 bridgehead atoms. The van der Waals surface area contributed by atoms with E-state index in [-0.39, 0.29) is 12.2 Å². The summed E-state index contributed by atoms with van der Waals surface area (Å²) in [7, 11) is 1.62. The molecule has 2 aromatic rings. The van der Waals surface area contributed by atoms with Crippen LogP contribution >= 0.6 is 0 Å². The van der Waals surface area contributed by atoms with Gasteiger partial charge in [-0.2, -0.15) is 5.10 Å². The van der Waals surface area contributed by atoms with Crippen molar-refractivity contribution in [1.29, 1.82) is 0 Å². The van der Waals surface area contributed by atoms with E-state index >= 15 is 0 Å². The molecular weight excluding hydrogens is 235 g/mol. The van der Waals surface area contributed by atoms with E-state index in [4.69, 9.17) is 9.84 Å². The van der Waals surface area contributed by atoms with Crippen molar-refractivity contribution in [3.63, 3.8) is 0 Å². The second-order valence-electron chi connectivity index (χ2n) is 3.92. The monoisotopic (exact) mass is 250 g/mol. The lowest BCUT2D eigenvalue weighted by Gasteiger charge is -2.04. The third-order valence-corrected chi connectivity index (χ3v) is 2.72. The Morgan fingerprint density at radius 2 is 2.28 bits per heavy atom. The van der Waals surface area contributed by atoms with Crippen molar-refractivity contribution in [2.75, 3.05) is 13.7 Å². The minimum atomic E-state index is -0.397. The number of hydrogen-bond acceptors (Lipinski definition) is 3. The van der Waals surface area contributed by atoms with Crippen LogP contribution in [0.4, 0.5) is 4.39 Å². The molecule has 0 atom stereocenters. The molecule has 0 aliphatic heterocycles. The number of aromatic nitrogens is 2. The average molecular weight is 250 g/mol. The Labute approximate surface area is 105 Å². The smallest absolute Gasteiger partial charge is 0.136 e. The summed E-state index contributed by atoms with van der Waals surface area (Å²) in [5.74, 6) is -0.397. The van der Waals surface area contributed by atoms with Gasteiger partial charge in [0.2, 0.25) is 0 Å². The first-order valence-corrected chi connectivity index (χ1v) is 5.66. The van der Waals surface area contributed by atoms with Gasteiger partial charge in [0.15, 0.2) is 0 Å². The minimum Gasteiger partial charge on any atom is -0.392 e. The van der Waals surface area contributed by atoms with Crippen LogP contribution in [0.2, 0.25) is 0 Å². The van der Waals surface area contributed by atoms with E-state index in [9.17, 15) is 4.39 Å². The van der Waals surface area contributed by atoms with Gasteiger partial charge in [-0.1, -0.05) is 18.2 Å². The predicted octanol–water partition coefficient (Wildman–Crippen LogP) is 1.83. The molecule has 0 spiro atoms. The number of methoxy groups -OCH3 is 1. The van der Waals surface area contributed by atoms with Gasteiger partial charge >= 0.3 is 0 Å². The SMILES string of the molecule is COCCn1cc(-c2cccc(CO)c2F)cn1. The first-order valence-electron chi connectivity index (χ1n) is 5.66. The molecule has 2 rings (SSSR count). The fourth-order valence-corrected chi connectivity index (χ4v) is 1.73. The summed E-state index contributed by atoms with van der Waals surface area (Å²) in [6.07, 6.45) is 3.37. The Hall–Kier alpha value is -1.72. The van der Waals surface area contributed by atoms with Gasteiger partial charge < -0.3 is 9.84 Å². The highest BCUT2D eigenvalue weighted by Crippen LogP contribution is 2.24. The fraction of sp³-hybridized carbons (Fsp3) is 0.308. The number of benzene rings is 1. The van der Waals surface area contributed by atoms with Gasteiger partial charge in [0.1, 0.15) is 5.82 Å². The summed E-state index contributed by atoms with van der Waals surface area (Å²) in [6, 6.07) is 4.96. The Morgan fingerprint density at radius 1 is 1.44 bits per heavy atom. The molecule has 0 fully saturated rings. The zero-order valence-electron chi connectivity index (χ0n) is 10.1. The van der Waals surface area contributed by atoms with Crippen molar-refractivity contribution in [2.24, 2.45) is 0 Å². The maximum absolute atomic E-state index is 14.0. The van der Waals surface area contributed by atoms with Crippen LogP contribution in [0.25, 0.3) is 11.1 Å². The summed E-state index contributed by atoms with van der Waals surface area (Å²) in [6.45, 7) is 0.871. The minimum absolute atomic E-state index is 0.289. The maximum Gasteiger partial charge on any atom is 0.136 e. The maximum atomic E-state index is 14.0. The lowest BCUT2D eigenvalue weighted by atomic mass is 10.1. The molecule has 1 N–H and O–H groups in total. The van der Waals surface area contributed by atoms with Crippen molar-refractivity contribution in [3.8, 4) is 11.1 Å². The molecule has 0 amide bonds. The van der Waals surface area contributed by atoms with E-state index in [0.717, 1.165) is 0 Å². The Kier molecular flexibility index (Phi) is 4.07. The number of aliphatic hydroxyl groups is 1. The largest absolute Gasteiger partial charge is 0.392 e. The first-order chi connectivity index (χ1) is 8.76. The number of rotatable bonds is 5. The van der Waals surface area contributed by atoms with E-state index in [2.05, 4.69) is 5.10 Å². The van der Waals surface area contributed by atoms with Crippen molar-refractivity contribution in [2.45, 2.75) is 13.2 Å². The summed E-state index contributed by atoms with van der Waals surface area (Å²) in [5.41, 5.74) is 1.43. The van der Waals surface area contributed by atoms with Gasteiger partial charge in [0.05, 0.1) is 26.0 Å². The molecule has 96 valence electrons. The fourth-order valence-electron chi connectivity index (χ4n) is 1.73. The molecule has 0 radical (unpaired) electrons. The highest BCUT2D eigenvalue weighted by atomic mass is 19.1. The van der Waals surface area contributed by atoms with E-state index in [1.165, 1.54) is 0 Å². The topological polar surface area (TPSA) is 47.3 Å². The number of halogens is 1. The number of hydrogen-bond donors (Lipinski definition) is 1. The van der Waals surface area contributed by atoms with Gasteiger partial charge in [-0.05, 0) is 0 Å². The molecular formula is C13H15FN2O2. The lowest BCUT2D eigenvalue weighted by molar-refractivity contribution is 0.183. The van der Waals surface area contributed by atoms with Crippen LogP contribution in [-0.2, 0) is 17.9 Å². The average Bonchev–Trinajstić information content (AvgIpc) is 2.85. The molecule has 0 saturated carbocycles. The van der Waals surface area contributed by atoms with Crippen molar-refractivity contribution in [1.82, 2.24) is 9.78 Å². The number of nitrogens with zero attached hydrogens (tertiary/aromatic N) is 2. The lowest BCUT2D eigenvalue weighted by Crippen LogP contribution is -2.03. The van der Waals surface area contributed by atoms with E-state index in [1.807, 2.05) is 0 Å². The zero-order valence-corrected chi connectivity index (χ0v) is 10.1. The molecule has 1 aromatic heterocycles. The van der Waals surface area contributed by atoms with E-state index in [0.29, 0.717) is 24.3 Å². The summed E-state index contributed by atoms with van der Waals surface area (Å²) in [4.78, 5) is 0. The molecule has 0 aliphatic rings. The summed E-state index contributed by atoms with van der Waals surface area (Å²) < 4.78 is 20.6. The van der Waals surface area contributed by atoms with Crippen molar-refractivity contribution >= 4 is 0 Å². The van der Waals surface area contributed by atoms with Crippen LogP contribution in [0.3, 0.4) is 0 Å². The highest BCUT2D eigenvalue weighted by Gasteiger charge is 2.10. The molecule has 4 nitrogen and oxygen atoms in total. The first kappa shape index (κ1) is 12.7. The van der Waals surface area contributed by atoms with Gasteiger partial charge in [-0.15, -0.1) is 0 Å². The molecule has 0 unspecified atom stereocenters. The molecule has 1 aromatic carbocycles. The molecule has 0 aliphatic carbocycles.